The van der Waals surface area contributed by atoms with Crippen molar-refractivity contribution < 1.29 is 4.74 Å². The molecule has 2 rings (SSSR count). The van der Waals surface area contributed by atoms with Crippen LogP contribution in [0.2, 0.25) is 0 Å². The molecule has 1 unspecified atom stereocenters. The summed E-state index contributed by atoms with van der Waals surface area (Å²) in [5.74, 6) is 0. The Labute approximate surface area is 89.3 Å². The van der Waals surface area contributed by atoms with Gasteiger partial charge in [0, 0.05) is 12.7 Å². The maximum Gasteiger partial charge on any atom is 0.230 e. The lowest BCUT2D eigenvalue weighted by Crippen LogP contribution is -2.51. The minimum absolute atomic E-state index is 0.344. The number of nitrogens with zero attached hydrogens (tertiary/aromatic N) is 2. The summed E-state index contributed by atoms with van der Waals surface area (Å²) >= 11 is 0. The molecule has 1 aliphatic heterocycles. The Bertz CT molecular complexity index is 375. The minimum Gasteiger partial charge on any atom is -0.350 e. The molecule has 0 aromatic heterocycles. The molecule has 4 nitrogen and oxygen atoms in total. The van der Waals surface area contributed by atoms with E-state index in [2.05, 4.69) is 15.8 Å². The monoisotopic (exact) mass is 205 g/mol. The van der Waals surface area contributed by atoms with Gasteiger partial charge < -0.3 is 4.74 Å². The van der Waals surface area contributed by atoms with Gasteiger partial charge in [0.2, 0.25) is 5.72 Å². The van der Waals surface area contributed by atoms with Crippen LogP contribution in [0.1, 0.15) is 19.4 Å². The van der Waals surface area contributed by atoms with Gasteiger partial charge in [-0.2, -0.15) is 0 Å². The molecule has 1 atom stereocenters. The Morgan fingerprint density at radius 2 is 1.87 bits per heavy atom. The summed E-state index contributed by atoms with van der Waals surface area (Å²) in [5, 5.41) is 8.09. The fourth-order valence-electron chi connectivity index (χ4n) is 1.92. The van der Waals surface area contributed by atoms with E-state index in [4.69, 9.17) is 4.74 Å². The summed E-state index contributed by atoms with van der Waals surface area (Å²) in [6.45, 7) is 4.03. The van der Waals surface area contributed by atoms with E-state index in [-0.39, 0.29) is 5.54 Å². The average Bonchev–Trinajstić information content (AvgIpc) is 2.55. The highest BCUT2D eigenvalue weighted by atomic mass is 16.5. The SMILES string of the molecule is COC1(c2ccccc2)N=NNC1(C)C. The van der Waals surface area contributed by atoms with Crippen molar-refractivity contribution in [1.29, 1.82) is 0 Å². The quantitative estimate of drug-likeness (QED) is 0.804. The summed E-state index contributed by atoms with van der Waals surface area (Å²) in [6, 6.07) is 9.91. The fraction of sp³-hybridized carbons (Fsp3) is 0.455. The highest BCUT2D eigenvalue weighted by Crippen LogP contribution is 2.40. The van der Waals surface area contributed by atoms with E-state index >= 15 is 0 Å². The lowest BCUT2D eigenvalue weighted by atomic mass is 9.86. The third-order valence-electron chi connectivity index (χ3n) is 2.83. The molecule has 4 heteroatoms. The fourth-order valence-corrected chi connectivity index (χ4v) is 1.92. The molecule has 0 saturated carbocycles. The zero-order chi connectivity index (χ0) is 10.9. The molecule has 1 N–H and O–H groups in total. The molecule has 0 saturated heterocycles. The van der Waals surface area contributed by atoms with Crippen molar-refractivity contribution in [1.82, 2.24) is 5.43 Å². The van der Waals surface area contributed by atoms with Crippen molar-refractivity contribution in [2.75, 3.05) is 7.11 Å². The molecule has 0 amide bonds. The maximum absolute atomic E-state index is 5.58. The van der Waals surface area contributed by atoms with E-state index in [1.807, 2.05) is 44.2 Å². The van der Waals surface area contributed by atoms with Crippen LogP contribution in [0.15, 0.2) is 40.7 Å². The molecule has 1 aliphatic rings. The summed E-state index contributed by atoms with van der Waals surface area (Å²) in [5.41, 5.74) is 2.90. The zero-order valence-electron chi connectivity index (χ0n) is 9.19. The zero-order valence-corrected chi connectivity index (χ0v) is 9.19. The van der Waals surface area contributed by atoms with Gasteiger partial charge in [0.05, 0.1) is 0 Å². The van der Waals surface area contributed by atoms with Crippen LogP contribution in [0, 0.1) is 0 Å². The van der Waals surface area contributed by atoms with Crippen molar-refractivity contribution in [2.24, 2.45) is 10.3 Å². The summed E-state index contributed by atoms with van der Waals surface area (Å²) in [4.78, 5) is 0. The molecular formula is C11H15N3O. The van der Waals surface area contributed by atoms with E-state index in [9.17, 15) is 0 Å². The molecule has 0 spiro atoms. The minimum atomic E-state index is -0.728. The molecule has 0 fully saturated rings. The third-order valence-corrected chi connectivity index (χ3v) is 2.83. The van der Waals surface area contributed by atoms with Crippen LogP contribution in [-0.2, 0) is 10.5 Å². The smallest absolute Gasteiger partial charge is 0.230 e. The van der Waals surface area contributed by atoms with Gasteiger partial charge in [-0.25, -0.2) is 0 Å². The first kappa shape index (κ1) is 10.1. The lowest BCUT2D eigenvalue weighted by molar-refractivity contribution is -0.0562. The van der Waals surface area contributed by atoms with Crippen molar-refractivity contribution in [3.05, 3.63) is 35.9 Å². The number of rotatable bonds is 2. The Kier molecular flexibility index (Phi) is 2.23. The van der Waals surface area contributed by atoms with Crippen molar-refractivity contribution in [2.45, 2.75) is 25.1 Å². The Balaban J connectivity index is 2.51. The van der Waals surface area contributed by atoms with Gasteiger partial charge in [-0.3, -0.25) is 5.43 Å². The third kappa shape index (κ3) is 1.33. The number of nitrogens with one attached hydrogen (secondary N) is 1. The van der Waals surface area contributed by atoms with Gasteiger partial charge in [-0.05, 0) is 13.8 Å². The van der Waals surface area contributed by atoms with E-state index in [1.54, 1.807) is 7.11 Å². The van der Waals surface area contributed by atoms with Crippen LogP contribution in [0.5, 0.6) is 0 Å². The summed E-state index contributed by atoms with van der Waals surface area (Å²) in [7, 11) is 1.65. The van der Waals surface area contributed by atoms with Crippen LogP contribution < -0.4 is 5.43 Å². The predicted octanol–water partition coefficient (Wildman–Crippen LogP) is 2.23. The van der Waals surface area contributed by atoms with Gasteiger partial charge in [0.1, 0.15) is 5.54 Å². The highest BCUT2D eigenvalue weighted by Gasteiger charge is 2.51. The number of hydrogen-bond acceptors (Lipinski definition) is 4. The number of hydrogen-bond donors (Lipinski definition) is 1. The van der Waals surface area contributed by atoms with Crippen LogP contribution in [0.4, 0.5) is 0 Å². The summed E-state index contributed by atoms with van der Waals surface area (Å²) < 4.78 is 5.58. The second-order valence-electron chi connectivity index (χ2n) is 4.15. The normalized spacial score (nSPS) is 27.7. The Morgan fingerprint density at radius 3 is 2.33 bits per heavy atom. The second-order valence-corrected chi connectivity index (χ2v) is 4.15. The maximum atomic E-state index is 5.58. The van der Waals surface area contributed by atoms with Crippen LogP contribution in [0.25, 0.3) is 0 Å². The molecule has 0 radical (unpaired) electrons. The highest BCUT2D eigenvalue weighted by molar-refractivity contribution is 5.27. The first-order chi connectivity index (χ1) is 7.12. The second kappa shape index (κ2) is 3.31. The Hall–Kier alpha value is -1.42. The number of benzene rings is 1. The van der Waals surface area contributed by atoms with E-state index in [1.165, 1.54) is 0 Å². The molecule has 0 bridgehead atoms. The van der Waals surface area contributed by atoms with Gasteiger partial charge in [-0.15, -0.1) is 5.11 Å². The first-order valence-electron chi connectivity index (χ1n) is 4.92. The lowest BCUT2D eigenvalue weighted by Gasteiger charge is -2.35. The first-order valence-corrected chi connectivity index (χ1v) is 4.92. The molecule has 1 aromatic rings. The van der Waals surface area contributed by atoms with Crippen molar-refractivity contribution in [3.8, 4) is 0 Å². The predicted molar refractivity (Wildman–Crippen MR) is 57.2 cm³/mol. The van der Waals surface area contributed by atoms with Crippen molar-refractivity contribution in [3.63, 3.8) is 0 Å². The topological polar surface area (TPSA) is 46.0 Å². The van der Waals surface area contributed by atoms with Crippen LogP contribution in [0.3, 0.4) is 0 Å². The molecule has 1 aromatic carbocycles. The van der Waals surface area contributed by atoms with Gasteiger partial charge in [0.15, 0.2) is 0 Å². The van der Waals surface area contributed by atoms with Gasteiger partial charge in [0.25, 0.3) is 0 Å². The van der Waals surface area contributed by atoms with E-state index < -0.39 is 5.72 Å². The van der Waals surface area contributed by atoms with Gasteiger partial charge >= 0.3 is 0 Å². The van der Waals surface area contributed by atoms with Crippen molar-refractivity contribution >= 4 is 0 Å². The van der Waals surface area contributed by atoms with E-state index in [0.29, 0.717) is 0 Å². The van der Waals surface area contributed by atoms with Gasteiger partial charge in [-0.1, -0.05) is 35.6 Å². The van der Waals surface area contributed by atoms with Crippen LogP contribution >= 0.6 is 0 Å². The Morgan fingerprint density at radius 1 is 1.20 bits per heavy atom. The molecular weight excluding hydrogens is 190 g/mol. The molecule has 15 heavy (non-hydrogen) atoms. The molecule has 80 valence electrons. The number of ether oxygens (including phenoxy) is 1. The standard InChI is InChI=1S/C11H15N3O/c1-10(2)11(15-3,13-14-12-10)9-7-5-4-6-8-9/h4-8H,1-3H3,(H,12,13). The summed E-state index contributed by atoms with van der Waals surface area (Å²) in [6.07, 6.45) is 0. The largest absolute Gasteiger partial charge is 0.350 e. The van der Waals surface area contributed by atoms with Crippen LogP contribution in [-0.4, -0.2) is 12.6 Å². The number of methoxy groups -OCH3 is 1. The molecule has 0 aliphatic carbocycles. The van der Waals surface area contributed by atoms with E-state index in [0.717, 1.165) is 5.56 Å². The molecule has 1 heterocycles. The average molecular weight is 205 g/mol.